The van der Waals surface area contributed by atoms with Crippen molar-refractivity contribution in [3.05, 3.63) is 0 Å². The lowest BCUT2D eigenvalue weighted by Crippen LogP contribution is -2.45. The van der Waals surface area contributed by atoms with Gasteiger partial charge >= 0.3 is 5.97 Å². The first-order chi connectivity index (χ1) is 7.38. The van der Waals surface area contributed by atoms with Gasteiger partial charge in [0.1, 0.15) is 6.04 Å². The summed E-state index contributed by atoms with van der Waals surface area (Å²) in [5.41, 5.74) is 0. The molecule has 0 aliphatic heterocycles. The Morgan fingerprint density at radius 2 is 1.88 bits per heavy atom. The van der Waals surface area contributed by atoms with Crippen molar-refractivity contribution < 1.29 is 19.5 Å². The first kappa shape index (κ1) is 14.4. The molecule has 0 radical (unpaired) electrons. The predicted octanol–water partition coefficient (Wildman–Crippen LogP) is -0.262. The maximum atomic E-state index is 11.4. The zero-order valence-corrected chi connectivity index (χ0v) is 9.74. The van der Waals surface area contributed by atoms with Crippen LogP contribution in [-0.4, -0.2) is 35.5 Å². The fraction of sp³-hybridized carbons (Fsp3) is 0.700. The van der Waals surface area contributed by atoms with Crippen LogP contribution in [0.3, 0.4) is 0 Å². The van der Waals surface area contributed by atoms with Crippen molar-refractivity contribution in [1.29, 1.82) is 0 Å². The Kier molecular flexibility index (Phi) is 6.14. The van der Waals surface area contributed by atoms with Gasteiger partial charge in [-0.25, -0.2) is 0 Å². The van der Waals surface area contributed by atoms with Gasteiger partial charge in [0.2, 0.25) is 11.8 Å². The number of carboxylic acid groups (broad SMARTS) is 1. The van der Waals surface area contributed by atoms with Gasteiger partial charge in [0, 0.05) is 13.5 Å². The van der Waals surface area contributed by atoms with E-state index in [0.29, 0.717) is 6.42 Å². The Balaban J connectivity index is 4.05. The van der Waals surface area contributed by atoms with Crippen molar-refractivity contribution in [1.82, 2.24) is 10.6 Å². The van der Waals surface area contributed by atoms with Crippen LogP contribution in [0.25, 0.3) is 0 Å². The normalized spacial score (nSPS) is 13.7. The van der Waals surface area contributed by atoms with E-state index in [1.54, 1.807) is 13.8 Å². The summed E-state index contributed by atoms with van der Waals surface area (Å²) in [5.74, 6) is -2.20. The highest BCUT2D eigenvalue weighted by molar-refractivity contribution is 5.86. The highest BCUT2D eigenvalue weighted by atomic mass is 16.4. The number of amides is 2. The van der Waals surface area contributed by atoms with Crippen LogP contribution in [0, 0.1) is 5.92 Å². The summed E-state index contributed by atoms with van der Waals surface area (Å²) in [6.45, 7) is 4.67. The highest BCUT2D eigenvalue weighted by Gasteiger charge is 2.18. The van der Waals surface area contributed by atoms with Crippen LogP contribution in [0.5, 0.6) is 0 Å². The summed E-state index contributed by atoms with van der Waals surface area (Å²) < 4.78 is 0. The molecule has 0 aromatic rings. The van der Waals surface area contributed by atoms with Crippen LogP contribution in [0.15, 0.2) is 0 Å². The molecular weight excluding hydrogens is 212 g/mol. The van der Waals surface area contributed by atoms with Crippen molar-refractivity contribution in [2.45, 2.75) is 33.2 Å². The van der Waals surface area contributed by atoms with Gasteiger partial charge in [-0.3, -0.25) is 14.4 Å². The average molecular weight is 230 g/mol. The molecule has 0 aromatic heterocycles. The van der Waals surface area contributed by atoms with Gasteiger partial charge in [-0.1, -0.05) is 6.92 Å². The minimum Gasteiger partial charge on any atom is -0.481 e. The molecule has 0 rings (SSSR count). The van der Waals surface area contributed by atoms with Gasteiger partial charge in [-0.15, -0.1) is 0 Å². The zero-order chi connectivity index (χ0) is 12.7. The largest absolute Gasteiger partial charge is 0.481 e. The highest BCUT2D eigenvalue weighted by Crippen LogP contribution is 2.00. The number of carbonyl (C=O) groups excluding carboxylic acids is 2. The van der Waals surface area contributed by atoms with E-state index in [-0.39, 0.29) is 18.4 Å². The Morgan fingerprint density at radius 3 is 2.25 bits per heavy atom. The zero-order valence-electron chi connectivity index (χ0n) is 9.74. The molecule has 0 bridgehead atoms. The van der Waals surface area contributed by atoms with Crippen molar-refractivity contribution >= 4 is 17.8 Å². The maximum Gasteiger partial charge on any atom is 0.308 e. The van der Waals surface area contributed by atoms with E-state index < -0.39 is 17.9 Å². The fourth-order valence-corrected chi connectivity index (χ4v) is 1.15. The van der Waals surface area contributed by atoms with Gasteiger partial charge in [0.25, 0.3) is 0 Å². The molecular formula is C10H18N2O4. The van der Waals surface area contributed by atoms with Crippen molar-refractivity contribution in [3.8, 4) is 0 Å². The number of aliphatic carboxylic acids is 1. The molecule has 3 N–H and O–H groups in total. The molecule has 6 heteroatoms. The molecule has 0 saturated heterocycles. The van der Waals surface area contributed by atoms with Crippen molar-refractivity contribution in [2.24, 2.45) is 5.92 Å². The van der Waals surface area contributed by atoms with Crippen LogP contribution < -0.4 is 10.6 Å². The van der Waals surface area contributed by atoms with Gasteiger partial charge in [0.05, 0.1) is 5.92 Å². The SMILES string of the molecule is CCC(CNC(=O)C(C)NC(C)=O)C(=O)O. The Bertz CT molecular complexity index is 278. The molecule has 0 fully saturated rings. The number of carboxylic acids is 1. The van der Waals surface area contributed by atoms with Crippen molar-refractivity contribution in [3.63, 3.8) is 0 Å². The lowest BCUT2D eigenvalue weighted by Gasteiger charge is -2.15. The van der Waals surface area contributed by atoms with E-state index in [1.807, 2.05) is 0 Å². The Hall–Kier alpha value is -1.59. The van der Waals surface area contributed by atoms with Crippen LogP contribution >= 0.6 is 0 Å². The fourth-order valence-electron chi connectivity index (χ4n) is 1.15. The Morgan fingerprint density at radius 1 is 1.31 bits per heavy atom. The molecule has 0 aliphatic carbocycles. The van der Waals surface area contributed by atoms with E-state index in [2.05, 4.69) is 10.6 Å². The lowest BCUT2D eigenvalue weighted by atomic mass is 10.1. The molecule has 2 unspecified atom stereocenters. The molecule has 0 aliphatic rings. The molecule has 92 valence electrons. The molecule has 0 heterocycles. The lowest BCUT2D eigenvalue weighted by molar-refractivity contribution is -0.142. The third-order valence-electron chi connectivity index (χ3n) is 2.18. The van der Waals surface area contributed by atoms with Crippen molar-refractivity contribution in [2.75, 3.05) is 6.54 Å². The van der Waals surface area contributed by atoms with E-state index in [9.17, 15) is 14.4 Å². The molecule has 0 aromatic carbocycles. The average Bonchev–Trinajstić information content (AvgIpc) is 2.16. The minimum atomic E-state index is -0.935. The summed E-state index contributed by atoms with van der Waals surface area (Å²) in [6, 6.07) is -0.649. The first-order valence-corrected chi connectivity index (χ1v) is 5.16. The van der Waals surface area contributed by atoms with E-state index in [0.717, 1.165) is 0 Å². The van der Waals surface area contributed by atoms with E-state index >= 15 is 0 Å². The molecule has 2 amide bonds. The quantitative estimate of drug-likeness (QED) is 0.585. The summed E-state index contributed by atoms with van der Waals surface area (Å²) >= 11 is 0. The number of hydrogen-bond acceptors (Lipinski definition) is 3. The molecule has 16 heavy (non-hydrogen) atoms. The second-order valence-corrected chi connectivity index (χ2v) is 3.61. The van der Waals surface area contributed by atoms with Crippen LogP contribution in [0.1, 0.15) is 27.2 Å². The third-order valence-corrected chi connectivity index (χ3v) is 2.18. The van der Waals surface area contributed by atoms with Crippen LogP contribution in [0.4, 0.5) is 0 Å². The molecule has 0 spiro atoms. The van der Waals surface area contributed by atoms with Gasteiger partial charge in [-0.2, -0.15) is 0 Å². The topological polar surface area (TPSA) is 95.5 Å². The first-order valence-electron chi connectivity index (χ1n) is 5.16. The number of hydrogen-bond donors (Lipinski definition) is 3. The molecule has 2 atom stereocenters. The van der Waals surface area contributed by atoms with Gasteiger partial charge in [0.15, 0.2) is 0 Å². The summed E-state index contributed by atoms with van der Waals surface area (Å²) in [7, 11) is 0. The van der Waals surface area contributed by atoms with Crippen LogP contribution in [0.2, 0.25) is 0 Å². The van der Waals surface area contributed by atoms with E-state index in [1.165, 1.54) is 6.92 Å². The number of rotatable bonds is 6. The Labute approximate surface area is 94.4 Å². The second kappa shape index (κ2) is 6.81. The second-order valence-electron chi connectivity index (χ2n) is 3.61. The molecule has 0 saturated carbocycles. The number of carbonyl (C=O) groups is 3. The van der Waals surface area contributed by atoms with Gasteiger partial charge in [-0.05, 0) is 13.3 Å². The van der Waals surface area contributed by atoms with E-state index in [4.69, 9.17) is 5.11 Å². The summed E-state index contributed by atoms with van der Waals surface area (Å²) in [4.78, 5) is 32.7. The standard InChI is InChI=1S/C10H18N2O4/c1-4-8(10(15)16)5-11-9(14)6(2)12-7(3)13/h6,8H,4-5H2,1-3H3,(H,11,14)(H,12,13)(H,15,16). The monoisotopic (exact) mass is 230 g/mol. The third kappa shape index (κ3) is 5.33. The minimum absolute atomic E-state index is 0.0780. The molecule has 6 nitrogen and oxygen atoms in total. The number of nitrogens with one attached hydrogen (secondary N) is 2. The summed E-state index contributed by atoms with van der Waals surface area (Å²) in [5, 5.41) is 13.6. The maximum absolute atomic E-state index is 11.4. The summed E-state index contributed by atoms with van der Waals surface area (Å²) in [6.07, 6.45) is 0.449. The van der Waals surface area contributed by atoms with Gasteiger partial charge < -0.3 is 15.7 Å². The predicted molar refractivity (Wildman–Crippen MR) is 57.7 cm³/mol. The van der Waals surface area contributed by atoms with Crippen LogP contribution in [-0.2, 0) is 14.4 Å². The smallest absolute Gasteiger partial charge is 0.308 e.